The molecule has 0 fully saturated rings. The fraction of sp³-hybridized carbons (Fsp3) is 0.0566. The highest BCUT2D eigenvalue weighted by Crippen LogP contribution is 2.49. The number of benzene rings is 8. The minimum absolute atomic E-state index is 0.0101. The van der Waals surface area contributed by atoms with Crippen LogP contribution in [0.15, 0.2) is 194 Å². The highest BCUT2D eigenvalue weighted by molar-refractivity contribution is 5.91. The summed E-state index contributed by atoms with van der Waals surface area (Å²) < 4.78 is 0. The Morgan fingerprint density at radius 1 is 0.309 bits per heavy atom. The van der Waals surface area contributed by atoms with Crippen molar-refractivity contribution < 1.29 is 0 Å². The monoisotopic (exact) mass is 702 g/mol. The quantitative estimate of drug-likeness (QED) is 0.172. The van der Waals surface area contributed by atoms with E-state index >= 15 is 0 Å². The lowest BCUT2D eigenvalue weighted by molar-refractivity contribution is 0.660. The number of nitrogens with zero attached hydrogens (tertiary/aromatic N) is 2. The van der Waals surface area contributed by atoms with Crippen LogP contribution in [-0.2, 0) is 5.41 Å². The third-order valence-electron chi connectivity index (χ3n) is 11.3. The molecule has 0 unspecified atom stereocenters. The van der Waals surface area contributed by atoms with Crippen molar-refractivity contribution in [3.8, 4) is 78.4 Å². The maximum atomic E-state index is 5.02. The zero-order valence-corrected chi connectivity index (χ0v) is 30.9. The van der Waals surface area contributed by atoms with Crippen molar-refractivity contribution in [2.75, 3.05) is 0 Å². The van der Waals surface area contributed by atoms with Crippen molar-refractivity contribution in [3.63, 3.8) is 0 Å². The van der Waals surface area contributed by atoms with Gasteiger partial charge in [0.15, 0.2) is 5.82 Å². The number of hydrogen-bond donors (Lipinski definition) is 0. The van der Waals surface area contributed by atoms with Crippen LogP contribution in [0.5, 0.6) is 0 Å². The van der Waals surface area contributed by atoms with E-state index in [1.165, 1.54) is 66.4 Å². The molecule has 55 heavy (non-hydrogen) atoms. The van der Waals surface area contributed by atoms with Crippen molar-refractivity contribution in [2.45, 2.75) is 19.3 Å². The third-order valence-corrected chi connectivity index (χ3v) is 11.3. The van der Waals surface area contributed by atoms with Gasteiger partial charge in [0.05, 0.1) is 11.4 Å². The minimum Gasteiger partial charge on any atom is -0.228 e. The Hall–Kier alpha value is -6.90. The molecule has 260 valence electrons. The molecular formula is C53H38N2. The molecule has 0 saturated heterocycles. The van der Waals surface area contributed by atoms with Gasteiger partial charge in [0.2, 0.25) is 0 Å². The van der Waals surface area contributed by atoms with Gasteiger partial charge in [-0.25, -0.2) is 9.97 Å². The summed E-state index contributed by atoms with van der Waals surface area (Å²) in [5.41, 5.74) is 17.7. The molecule has 1 aliphatic rings. The lowest BCUT2D eigenvalue weighted by Gasteiger charge is -2.22. The van der Waals surface area contributed by atoms with Gasteiger partial charge < -0.3 is 0 Å². The first-order chi connectivity index (χ1) is 27.0. The molecule has 8 aromatic carbocycles. The lowest BCUT2D eigenvalue weighted by Crippen LogP contribution is -2.14. The molecule has 0 radical (unpaired) electrons. The van der Waals surface area contributed by atoms with Crippen LogP contribution in [0.1, 0.15) is 25.0 Å². The largest absolute Gasteiger partial charge is 0.228 e. The topological polar surface area (TPSA) is 25.8 Å². The Balaban J connectivity index is 0.928. The molecule has 1 heterocycles. The molecule has 0 saturated carbocycles. The van der Waals surface area contributed by atoms with E-state index in [4.69, 9.17) is 9.97 Å². The predicted molar refractivity (Wildman–Crippen MR) is 230 cm³/mol. The average molecular weight is 703 g/mol. The van der Waals surface area contributed by atoms with Gasteiger partial charge in [0.1, 0.15) is 0 Å². The van der Waals surface area contributed by atoms with E-state index in [2.05, 4.69) is 172 Å². The summed E-state index contributed by atoms with van der Waals surface area (Å²) >= 11 is 0. The summed E-state index contributed by atoms with van der Waals surface area (Å²) in [5, 5.41) is 2.45. The minimum atomic E-state index is -0.0101. The molecule has 0 aliphatic heterocycles. The van der Waals surface area contributed by atoms with Gasteiger partial charge in [0, 0.05) is 22.1 Å². The van der Waals surface area contributed by atoms with Crippen molar-refractivity contribution in [1.82, 2.24) is 9.97 Å². The molecule has 1 aliphatic carbocycles. The summed E-state index contributed by atoms with van der Waals surface area (Å²) in [6, 6.07) is 69.7. The van der Waals surface area contributed by atoms with Gasteiger partial charge in [-0.3, -0.25) is 0 Å². The average Bonchev–Trinajstić information content (AvgIpc) is 3.49. The van der Waals surface area contributed by atoms with E-state index in [-0.39, 0.29) is 5.41 Å². The maximum Gasteiger partial charge on any atom is 0.160 e. The zero-order valence-electron chi connectivity index (χ0n) is 30.9. The lowest BCUT2D eigenvalue weighted by atomic mass is 9.81. The second-order valence-corrected chi connectivity index (χ2v) is 15.1. The van der Waals surface area contributed by atoms with E-state index in [0.717, 1.165) is 33.9 Å². The van der Waals surface area contributed by atoms with Gasteiger partial charge in [0.25, 0.3) is 0 Å². The first-order valence-corrected chi connectivity index (χ1v) is 19.0. The highest BCUT2D eigenvalue weighted by atomic mass is 14.9. The van der Waals surface area contributed by atoms with E-state index in [1.54, 1.807) is 0 Å². The molecule has 0 spiro atoms. The van der Waals surface area contributed by atoms with Crippen LogP contribution >= 0.6 is 0 Å². The molecular weight excluding hydrogens is 665 g/mol. The summed E-state index contributed by atoms with van der Waals surface area (Å²) in [7, 11) is 0. The second kappa shape index (κ2) is 13.2. The third kappa shape index (κ3) is 5.93. The summed E-state index contributed by atoms with van der Waals surface area (Å²) in [4.78, 5) is 9.97. The molecule has 9 aromatic rings. The zero-order chi connectivity index (χ0) is 36.9. The smallest absolute Gasteiger partial charge is 0.160 e. The van der Waals surface area contributed by atoms with E-state index in [9.17, 15) is 0 Å². The Morgan fingerprint density at radius 3 is 1.35 bits per heavy atom. The van der Waals surface area contributed by atoms with Gasteiger partial charge in [-0.15, -0.1) is 0 Å². The number of rotatable bonds is 6. The Morgan fingerprint density at radius 2 is 0.745 bits per heavy atom. The Kier molecular flexibility index (Phi) is 7.85. The number of hydrogen-bond acceptors (Lipinski definition) is 2. The molecule has 0 N–H and O–H groups in total. The van der Waals surface area contributed by atoms with Crippen LogP contribution in [0.3, 0.4) is 0 Å². The van der Waals surface area contributed by atoms with Crippen LogP contribution < -0.4 is 0 Å². The fourth-order valence-electron chi connectivity index (χ4n) is 8.25. The Bertz CT molecular complexity index is 2800. The standard InChI is InChI=1S/C53H38N2/c1-53(2)48-16-10-9-15-46(48)47-30-29-44(33-49(47)53)37-19-17-35(18-20-37)42-27-23-38-24-28-43(32-45(38)31-42)36-21-25-40(26-22-36)51-34-50(39-11-5-3-6-12-39)54-52(55-51)41-13-7-4-8-14-41/h3-34H,1-2H3. The predicted octanol–water partition coefficient (Wildman–Crippen LogP) is 13.9. The number of aromatic nitrogens is 2. The fourth-order valence-corrected chi connectivity index (χ4v) is 8.25. The molecule has 0 amide bonds. The van der Waals surface area contributed by atoms with Crippen molar-refractivity contribution in [1.29, 1.82) is 0 Å². The van der Waals surface area contributed by atoms with Crippen LogP contribution in [0, 0.1) is 0 Å². The van der Waals surface area contributed by atoms with Crippen LogP contribution in [0.4, 0.5) is 0 Å². The van der Waals surface area contributed by atoms with E-state index in [1.807, 2.05) is 36.4 Å². The van der Waals surface area contributed by atoms with Gasteiger partial charge in [-0.05, 0) is 90.7 Å². The second-order valence-electron chi connectivity index (χ2n) is 15.1. The summed E-state index contributed by atoms with van der Waals surface area (Å²) in [6.07, 6.45) is 0. The van der Waals surface area contributed by atoms with Gasteiger partial charge in [-0.2, -0.15) is 0 Å². The first-order valence-electron chi connectivity index (χ1n) is 19.0. The maximum absolute atomic E-state index is 5.02. The van der Waals surface area contributed by atoms with Gasteiger partial charge in [-0.1, -0.05) is 184 Å². The van der Waals surface area contributed by atoms with E-state index in [0.29, 0.717) is 0 Å². The van der Waals surface area contributed by atoms with Gasteiger partial charge >= 0.3 is 0 Å². The molecule has 1 aromatic heterocycles. The van der Waals surface area contributed by atoms with Crippen LogP contribution in [0.2, 0.25) is 0 Å². The van der Waals surface area contributed by atoms with E-state index < -0.39 is 0 Å². The first kappa shape index (κ1) is 32.7. The van der Waals surface area contributed by atoms with Crippen molar-refractivity contribution in [2.24, 2.45) is 0 Å². The highest BCUT2D eigenvalue weighted by Gasteiger charge is 2.35. The van der Waals surface area contributed by atoms with Crippen molar-refractivity contribution >= 4 is 10.8 Å². The SMILES string of the molecule is CC1(C)c2ccccc2-c2ccc(-c3ccc(-c4ccc5ccc(-c6ccc(-c7cc(-c8ccccc8)nc(-c8ccccc8)n7)cc6)cc5c4)cc3)cc21. The molecule has 2 nitrogen and oxygen atoms in total. The molecule has 0 bridgehead atoms. The molecule has 0 atom stereocenters. The van der Waals surface area contributed by atoms with Crippen LogP contribution in [0.25, 0.3) is 89.2 Å². The normalized spacial score (nSPS) is 12.7. The van der Waals surface area contributed by atoms with Crippen LogP contribution in [-0.4, -0.2) is 9.97 Å². The summed E-state index contributed by atoms with van der Waals surface area (Å²) in [5.74, 6) is 0.722. The summed E-state index contributed by atoms with van der Waals surface area (Å²) in [6.45, 7) is 4.68. The molecule has 2 heteroatoms. The molecule has 10 rings (SSSR count). The van der Waals surface area contributed by atoms with Crippen molar-refractivity contribution in [3.05, 3.63) is 205 Å². The number of fused-ring (bicyclic) bond motifs is 4. The Labute approximate surface area is 322 Å².